The third kappa shape index (κ3) is 4.66. The first-order valence-electron chi connectivity index (χ1n) is 9.58. The first-order valence-corrected chi connectivity index (χ1v) is 10.3. The molecule has 0 saturated carbocycles. The lowest BCUT2D eigenvalue weighted by Gasteiger charge is -2.19. The lowest BCUT2D eigenvalue weighted by atomic mass is 10.1. The van der Waals surface area contributed by atoms with Crippen molar-refractivity contribution in [3.05, 3.63) is 52.0 Å². The Morgan fingerprint density at radius 1 is 1.28 bits per heavy atom. The van der Waals surface area contributed by atoms with Crippen LogP contribution in [0.25, 0.3) is 10.9 Å². The molecular weight excluding hydrogens is 411 g/mol. The van der Waals surface area contributed by atoms with Gasteiger partial charge in [0.25, 0.3) is 5.91 Å². The van der Waals surface area contributed by atoms with E-state index in [0.717, 1.165) is 23.1 Å². The Balaban J connectivity index is 1.42. The van der Waals surface area contributed by atoms with Crippen molar-refractivity contribution >= 4 is 45.8 Å². The van der Waals surface area contributed by atoms with Gasteiger partial charge in [0, 0.05) is 33.1 Å². The predicted octanol–water partition coefficient (Wildman–Crippen LogP) is 4.99. The number of amides is 1. The molecule has 3 aromatic rings. The minimum absolute atomic E-state index is 0.330. The summed E-state index contributed by atoms with van der Waals surface area (Å²) in [5.41, 5.74) is 1.16. The molecule has 1 aliphatic rings. The summed E-state index contributed by atoms with van der Waals surface area (Å²) in [6, 6.07) is 11.0. The van der Waals surface area contributed by atoms with Gasteiger partial charge in [0.1, 0.15) is 5.75 Å². The fourth-order valence-electron chi connectivity index (χ4n) is 3.71. The van der Waals surface area contributed by atoms with Crippen LogP contribution < -0.4 is 10.1 Å². The zero-order valence-electron chi connectivity index (χ0n) is 16.0. The van der Waals surface area contributed by atoms with Crippen molar-refractivity contribution < 1.29 is 9.53 Å². The van der Waals surface area contributed by atoms with Gasteiger partial charge in [-0.25, -0.2) is 0 Å². The van der Waals surface area contributed by atoms with Crippen molar-refractivity contribution in [3.8, 4) is 5.75 Å². The van der Waals surface area contributed by atoms with Crippen molar-refractivity contribution in [3.63, 3.8) is 0 Å². The Bertz CT molecular complexity index is 1020. The summed E-state index contributed by atoms with van der Waals surface area (Å²) < 4.78 is 5.92. The molecule has 152 valence electrons. The number of H-pyrrole nitrogens is 1. The number of carbonyl (C=O) groups is 1. The second kappa shape index (κ2) is 8.61. The molecule has 1 aliphatic heterocycles. The summed E-state index contributed by atoms with van der Waals surface area (Å²) in [7, 11) is 2.17. The Labute approximate surface area is 179 Å². The first kappa shape index (κ1) is 20.0. The summed E-state index contributed by atoms with van der Waals surface area (Å²) in [5.74, 6) is 0.894. The molecule has 1 saturated heterocycles. The maximum absolute atomic E-state index is 12.5. The maximum atomic E-state index is 12.5. The number of likely N-dealkylation sites (tertiary alicyclic amines) is 1. The fourth-order valence-corrected chi connectivity index (χ4v) is 4.23. The molecule has 1 aromatic heterocycles. The second-order valence-corrected chi connectivity index (χ2v) is 8.18. The number of hydrogen-bond donors (Lipinski definition) is 2. The third-order valence-corrected chi connectivity index (χ3v) is 5.72. The quantitative estimate of drug-likeness (QED) is 0.575. The van der Waals surface area contributed by atoms with E-state index in [-0.39, 0.29) is 5.91 Å². The molecule has 2 aromatic carbocycles. The molecule has 1 unspecified atom stereocenters. The molecule has 1 amide bonds. The predicted molar refractivity (Wildman–Crippen MR) is 116 cm³/mol. The zero-order chi connectivity index (χ0) is 20.4. The van der Waals surface area contributed by atoms with Gasteiger partial charge >= 0.3 is 0 Å². The van der Waals surface area contributed by atoms with E-state index in [0.29, 0.717) is 34.1 Å². The summed E-state index contributed by atoms with van der Waals surface area (Å²) in [4.78, 5) is 14.9. The molecular formula is C21H22Cl2N4O2. The Hall–Kier alpha value is -2.28. The summed E-state index contributed by atoms with van der Waals surface area (Å²) in [6.07, 6.45) is 3.51. The molecule has 0 bridgehead atoms. The lowest BCUT2D eigenvalue weighted by molar-refractivity contribution is 0.102. The minimum Gasteiger partial charge on any atom is -0.493 e. The van der Waals surface area contributed by atoms with Crippen LogP contribution in [0.3, 0.4) is 0 Å². The lowest BCUT2D eigenvalue weighted by Crippen LogP contribution is -2.26. The van der Waals surface area contributed by atoms with E-state index in [4.69, 9.17) is 27.9 Å². The van der Waals surface area contributed by atoms with Crippen molar-refractivity contribution in [2.24, 2.45) is 0 Å². The number of halogens is 2. The molecule has 6 nitrogen and oxygen atoms in total. The van der Waals surface area contributed by atoms with E-state index in [1.54, 1.807) is 18.2 Å². The van der Waals surface area contributed by atoms with Crippen LogP contribution >= 0.6 is 23.2 Å². The Morgan fingerprint density at radius 2 is 2.07 bits per heavy atom. The summed E-state index contributed by atoms with van der Waals surface area (Å²) >= 11 is 12.0. The van der Waals surface area contributed by atoms with Crippen LogP contribution in [0.2, 0.25) is 10.0 Å². The van der Waals surface area contributed by atoms with E-state index in [1.165, 1.54) is 19.4 Å². The molecule has 8 heteroatoms. The van der Waals surface area contributed by atoms with Gasteiger partial charge in [-0.05, 0) is 63.2 Å². The van der Waals surface area contributed by atoms with Crippen molar-refractivity contribution in [2.75, 3.05) is 25.5 Å². The van der Waals surface area contributed by atoms with Gasteiger partial charge in [-0.2, -0.15) is 5.10 Å². The molecule has 1 atom stereocenters. The molecule has 1 fully saturated rings. The van der Waals surface area contributed by atoms with Gasteiger partial charge in [0.15, 0.2) is 5.82 Å². The van der Waals surface area contributed by atoms with Gasteiger partial charge < -0.3 is 15.0 Å². The zero-order valence-corrected chi connectivity index (χ0v) is 17.6. The number of nitrogens with zero attached hydrogens (tertiary/aromatic N) is 2. The number of benzene rings is 2. The van der Waals surface area contributed by atoms with Crippen LogP contribution in [-0.4, -0.2) is 47.2 Å². The van der Waals surface area contributed by atoms with Crippen LogP contribution in [0, 0.1) is 0 Å². The highest BCUT2D eigenvalue weighted by Gasteiger charge is 2.20. The van der Waals surface area contributed by atoms with E-state index in [9.17, 15) is 4.79 Å². The second-order valence-electron chi connectivity index (χ2n) is 7.31. The standard InChI is InChI=1S/C21H22Cl2N4O2/c1-27-7-2-3-16(27)6-8-29-17-4-5-18-19(12-17)25-26-20(18)24-21(28)13-9-14(22)11-15(23)10-13/h4-5,9-12,16H,2-3,6-8H2,1H3,(H2,24,25,26,28). The van der Waals surface area contributed by atoms with Crippen molar-refractivity contribution in [1.29, 1.82) is 0 Å². The van der Waals surface area contributed by atoms with Crippen LogP contribution in [0.5, 0.6) is 5.75 Å². The topological polar surface area (TPSA) is 70.2 Å². The van der Waals surface area contributed by atoms with E-state index in [1.807, 2.05) is 18.2 Å². The van der Waals surface area contributed by atoms with Gasteiger partial charge in [-0.1, -0.05) is 23.2 Å². The number of carbonyl (C=O) groups excluding carboxylic acids is 1. The molecule has 4 rings (SSSR count). The average molecular weight is 433 g/mol. The van der Waals surface area contributed by atoms with E-state index in [2.05, 4.69) is 27.5 Å². The smallest absolute Gasteiger partial charge is 0.256 e. The summed E-state index contributed by atoms with van der Waals surface area (Å²) in [6.45, 7) is 1.84. The van der Waals surface area contributed by atoms with Gasteiger partial charge in [0.05, 0.1) is 12.1 Å². The highest BCUT2D eigenvalue weighted by atomic mass is 35.5. The van der Waals surface area contributed by atoms with Gasteiger partial charge in [-0.3, -0.25) is 9.89 Å². The van der Waals surface area contributed by atoms with Crippen molar-refractivity contribution in [2.45, 2.75) is 25.3 Å². The fraction of sp³-hybridized carbons (Fsp3) is 0.333. The highest BCUT2D eigenvalue weighted by Crippen LogP contribution is 2.27. The average Bonchev–Trinajstić information content (AvgIpc) is 3.27. The monoisotopic (exact) mass is 432 g/mol. The van der Waals surface area contributed by atoms with Crippen LogP contribution in [0.4, 0.5) is 5.82 Å². The van der Waals surface area contributed by atoms with E-state index < -0.39 is 0 Å². The molecule has 29 heavy (non-hydrogen) atoms. The van der Waals surface area contributed by atoms with Crippen molar-refractivity contribution in [1.82, 2.24) is 15.1 Å². The SMILES string of the molecule is CN1CCCC1CCOc1ccc2c(NC(=O)c3cc(Cl)cc(Cl)c3)n[nH]c2c1. The number of nitrogens with one attached hydrogen (secondary N) is 2. The maximum Gasteiger partial charge on any atom is 0.256 e. The largest absolute Gasteiger partial charge is 0.493 e. The van der Waals surface area contributed by atoms with Gasteiger partial charge in [0.2, 0.25) is 0 Å². The number of aromatic amines is 1. The number of ether oxygens (including phenoxy) is 1. The number of fused-ring (bicyclic) bond motifs is 1. The molecule has 0 spiro atoms. The van der Waals surface area contributed by atoms with Crippen LogP contribution in [0.1, 0.15) is 29.6 Å². The minimum atomic E-state index is -0.330. The number of hydrogen-bond acceptors (Lipinski definition) is 4. The molecule has 2 N–H and O–H groups in total. The van der Waals surface area contributed by atoms with Crippen LogP contribution in [0.15, 0.2) is 36.4 Å². The molecule has 0 aliphatic carbocycles. The highest BCUT2D eigenvalue weighted by molar-refractivity contribution is 6.35. The first-order chi connectivity index (χ1) is 14.0. The Kier molecular flexibility index (Phi) is 5.94. The normalized spacial score (nSPS) is 17.0. The third-order valence-electron chi connectivity index (χ3n) is 5.28. The van der Waals surface area contributed by atoms with Crippen LogP contribution in [-0.2, 0) is 0 Å². The molecule has 0 radical (unpaired) electrons. The number of rotatable bonds is 6. The van der Waals surface area contributed by atoms with Gasteiger partial charge in [-0.15, -0.1) is 0 Å². The number of aromatic nitrogens is 2. The molecule has 2 heterocycles. The number of anilines is 1. The summed E-state index contributed by atoms with van der Waals surface area (Å²) in [5, 5.41) is 11.6. The van der Waals surface area contributed by atoms with E-state index >= 15 is 0 Å². The Morgan fingerprint density at radius 3 is 2.79 bits per heavy atom.